The van der Waals surface area contributed by atoms with Gasteiger partial charge in [-0.15, -0.1) is 0 Å². The van der Waals surface area contributed by atoms with Gasteiger partial charge in [0.05, 0.1) is 18.0 Å². The quantitative estimate of drug-likeness (QED) is 0.585. The third kappa shape index (κ3) is 4.65. The number of hydrogen-bond donors (Lipinski definition) is 0. The highest BCUT2D eigenvalue weighted by Crippen LogP contribution is 2.26. The van der Waals surface area contributed by atoms with Gasteiger partial charge in [0.25, 0.3) is 0 Å². The first-order chi connectivity index (χ1) is 13.1. The maximum absolute atomic E-state index is 5.27. The van der Waals surface area contributed by atoms with Crippen LogP contribution >= 0.6 is 0 Å². The number of aryl methyl sites for hydroxylation is 2. The summed E-state index contributed by atoms with van der Waals surface area (Å²) >= 11 is 0. The smallest absolute Gasteiger partial charge is 0.0972 e. The average molecular weight is 364 g/mol. The Kier molecular flexibility index (Phi) is 6.43. The summed E-state index contributed by atoms with van der Waals surface area (Å²) < 4.78 is 7.30. The minimum atomic E-state index is 0.736. The number of likely N-dealkylation sites (N-methyl/N-ethyl adjacent to an activating group) is 1. The Morgan fingerprint density at radius 1 is 1.07 bits per heavy atom. The Balaban J connectivity index is 2.02. The van der Waals surface area contributed by atoms with E-state index in [4.69, 9.17) is 9.84 Å². The van der Waals surface area contributed by atoms with Gasteiger partial charge >= 0.3 is 0 Å². The molecule has 4 heteroatoms. The lowest BCUT2D eigenvalue weighted by molar-refractivity contribution is 0.147. The summed E-state index contributed by atoms with van der Waals surface area (Å²) in [5, 5.41) is 4.98. The van der Waals surface area contributed by atoms with Crippen LogP contribution in [0.5, 0.6) is 0 Å². The molecule has 0 N–H and O–H groups in total. The van der Waals surface area contributed by atoms with Crippen LogP contribution in [0.15, 0.2) is 54.7 Å². The molecule has 0 bridgehead atoms. The first-order valence-corrected chi connectivity index (χ1v) is 9.55. The maximum atomic E-state index is 5.27. The van der Waals surface area contributed by atoms with E-state index in [1.807, 2.05) is 10.7 Å². The molecule has 4 nitrogen and oxygen atoms in total. The van der Waals surface area contributed by atoms with Crippen LogP contribution in [-0.4, -0.2) is 41.5 Å². The first-order valence-electron chi connectivity index (χ1n) is 9.55. The number of rotatable bonds is 8. The summed E-state index contributed by atoms with van der Waals surface area (Å²) in [7, 11) is 1.75. The molecule has 0 fully saturated rings. The zero-order valence-corrected chi connectivity index (χ0v) is 16.8. The van der Waals surface area contributed by atoms with E-state index >= 15 is 0 Å². The maximum Gasteiger partial charge on any atom is 0.0972 e. The van der Waals surface area contributed by atoms with E-state index < -0.39 is 0 Å². The molecular formula is C23H29N3O. The van der Waals surface area contributed by atoms with Crippen molar-refractivity contribution in [2.45, 2.75) is 27.3 Å². The van der Waals surface area contributed by atoms with Crippen LogP contribution in [0.2, 0.25) is 0 Å². The second-order valence-corrected chi connectivity index (χ2v) is 6.97. The molecule has 0 aliphatic heterocycles. The van der Waals surface area contributed by atoms with Crippen LogP contribution in [0.4, 0.5) is 0 Å². The largest absolute Gasteiger partial charge is 0.383 e. The highest BCUT2D eigenvalue weighted by molar-refractivity contribution is 5.63. The predicted molar refractivity (Wildman–Crippen MR) is 111 cm³/mol. The molecule has 0 aliphatic carbocycles. The highest BCUT2D eigenvalue weighted by atomic mass is 16.5. The zero-order chi connectivity index (χ0) is 19.2. The van der Waals surface area contributed by atoms with Crippen molar-refractivity contribution >= 4 is 0 Å². The minimum absolute atomic E-state index is 0.736. The second kappa shape index (κ2) is 8.98. The van der Waals surface area contributed by atoms with Crippen molar-refractivity contribution in [3.63, 3.8) is 0 Å². The second-order valence-electron chi connectivity index (χ2n) is 6.97. The Labute approximate surface area is 162 Å². The van der Waals surface area contributed by atoms with Crippen molar-refractivity contribution in [2.24, 2.45) is 0 Å². The average Bonchev–Trinajstić information content (AvgIpc) is 3.11. The van der Waals surface area contributed by atoms with Gasteiger partial charge in [-0.05, 0) is 37.6 Å². The molecule has 3 aromatic rings. The van der Waals surface area contributed by atoms with Gasteiger partial charge in [-0.2, -0.15) is 5.10 Å². The van der Waals surface area contributed by atoms with Crippen molar-refractivity contribution in [3.05, 3.63) is 71.4 Å². The third-order valence-corrected chi connectivity index (χ3v) is 4.90. The SMILES string of the molecule is CCN(CCOC)Cc1cn(-c2cc(C)ccc2C)nc1-c1ccccc1. The molecule has 27 heavy (non-hydrogen) atoms. The van der Waals surface area contributed by atoms with Crippen molar-refractivity contribution in [2.75, 3.05) is 26.8 Å². The molecule has 0 atom stereocenters. The van der Waals surface area contributed by atoms with Crippen molar-refractivity contribution in [1.82, 2.24) is 14.7 Å². The Hall–Kier alpha value is -2.43. The fourth-order valence-electron chi connectivity index (χ4n) is 3.26. The summed E-state index contributed by atoms with van der Waals surface area (Å²) in [5.74, 6) is 0. The molecule has 0 radical (unpaired) electrons. The number of methoxy groups -OCH3 is 1. The van der Waals surface area contributed by atoms with E-state index in [-0.39, 0.29) is 0 Å². The number of hydrogen-bond acceptors (Lipinski definition) is 3. The van der Waals surface area contributed by atoms with E-state index in [2.05, 4.69) is 74.3 Å². The lowest BCUT2D eigenvalue weighted by Crippen LogP contribution is -2.26. The van der Waals surface area contributed by atoms with Gasteiger partial charge in [0.2, 0.25) is 0 Å². The predicted octanol–water partition coefficient (Wildman–Crippen LogP) is 4.62. The van der Waals surface area contributed by atoms with E-state index in [1.54, 1.807) is 7.11 Å². The van der Waals surface area contributed by atoms with Gasteiger partial charge < -0.3 is 4.74 Å². The van der Waals surface area contributed by atoms with Crippen LogP contribution in [0.1, 0.15) is 23.6 Å². The normalized spacial score (nSPS) is 11.3. The molecule has 1 aromatic heterocycles. The van der Waals surface area contributed by atoms with Crippen molar-refractivity contribution in [3.8, 4) is 16.9 Å². The Morgan fingerprint density at radius 3 is 2.56 bits per heavy atom. The Bertz CT molecular complexity index is 871. The number of benzene rings is 2. The van der Waals surface area contributed by atoms with Crippen LogP contribution in [-0.2, 0) is 11.3 Å². The molecular weight excluding hydrogens is 334 g/mol. The first kappa shape index (κ1) is 19.3. The molecule has 0 aliphatic rings. The summed E-state index contributed by atoms with van der Waals surface area (Å²) in [5.41, 5.74) is 7.04. The molecule has 1 heterocycles. The summed E-state index contributed by atoms with van der Waals surface area (Å²) in [6, 6.07) is 16.9. The van der Waals surface area contributed by atoms with Crippen LogP contribution in [0.25, 0.3) is 16.9 Å². The lowest BCUT2D eigenvalue weighted by atomic mass is 10.1. The van der Waals surface area contributed by atoms with E-state index in [0.29, 0.717) is 0 Å². The monoisotopic (exact) mass is 363 g/mol. The number of nitrogens with zero attached hydrogens (tertiary/aromatic N) is 3. The molecule has 0 saturated carbocycles. The molecule has 3 rings (SSSR count). The zero-order valence-electron chi connectivity index (χ0n) is 16.8. The van der Waals surface area contributed by atoms with Crippen LogP contribution < -0.4 is 0 Å². The van der Waals surface area contributed by atoms with Gasteiger partial charge in [0.15, 0.2) is 0 Å². The Morgan fingerprint density at radius 2 is 1.85 bits per heavy atom. The van der Waals surface area contributed by atoms with Gasteiger partial charge in [-0.3, -0.25) is 4.90 Å². The molecule has 142 valence electrons. The molecule has 0 unspecified atom stereocenters. The molecule has 0 spiro atoms. The van der Waals surface area contributed by atoms with Gasteiger partial charge in [0, 0.05) is 37.5 Å². The van der Waals surface area contributed by atoms with Gasteiger partial charge in [0.1, 0.15) is 0 Å². The topological polar surface area (TPSA) is 30.3 Å². The summed E-state index contributed by atoms with van der Waals surface area (Å²) in [4.78, 5) is 2.39. The van der Waals surface area contributed by atoms with E-state index in [1.165, 1.54) is 16.7 Å². The minimum Gasteiger partial charge on any atom is -0.383 e. The highest BCUT2D eigenvalue weighted by Gasteiger charge is 2.15. The fourth-order valence-corrected chi connectivity index (χ4v) is 3.26. The van der Waals surface area contributed by atoms with Crippen LogP contribution in [0.3, 0.4) is 0 Å². The van der Waals surface area contributed by atoms with E-state index in [0.717, 1.165) is 43.2 Å². The summed E-state index contributed by atoms with van der Waals surface area (Å²) in [6.07, 6.45) is 2.18. The standard InChI is InChI=1S/C23H29N3O/c1-5-25(13-14-27-4)16-21-17-26(22-15-18(2)11-12-19(22)3)24-23(21)20-9-7-6-8-10-20/h6-12,15,17H,5,13-14,16H2,1-4H3. The molecule has 2 aromatic carbocycles. The van der Waals surface area contributed by atoms with Gasteiger partial charge in [-0.25, -0.2) is 4.68 Å². The molecule has 0 saturated heterocycles. The summed E-state index contributed by atoms with van der Waals surface area (Å²) in [6.45, 7) is 9.92. The lowest BCUT2D eigenvalue weighted by Gasteiger charge is -2.19. The third-order valence-electron chi connectivity index (χ3n) is 4.90. The van der Waals surface area contributed by atoms with Crippen molar-refractivity contribution < 1.29 is 4.74 Å². The molecule has 0 amide bonds. The van der Waals surface area contributed by atoms with Gasteiger partial charge in [-0.1, -0.05) is 49.4 Å². The fraction of sp³-hybridized carbons (Fsp3) is 0.348. The number of aromatic nitrogens is 2. The van der Waals surface area contributed by atoms with E-state index in [9.17, 15) is 0 Å². The van der Waals surface area contributed by atoms with Crippen LogP contribution in [0, 0.1) is 13.8 Å². The van der Waals surface area contributed by atoms with Crippen molar-refractivity contribution in [1.29, 1.82) is 0 Å². The number of ether oxygens (including phenoxy) is 1.